The molecule has 0 aliphatic heterocycles. The zero-order valence-corrected chi connectivity index (χ0v) is 27.6. The fraction of sp³-hybridized carbons (Fsp3) is 0.800. The summed E-state index contributed by atoms with van der Waals surface area (Å²) in [6.45, 7) is 14.7. The molecule has 0 bridgehead atoms. The first-order valence-corrected chi connectivity index (χ1v) is 12.6. The van der Waals surface area contributed by atoms with Gasteiger partial charge in [-0.25, -0.2) is 19.2 Å². The maximum absolute atomic E-state index is 10.1. The van der Waals surface area contributed by atoms with Crippen LogP contribution in [0, 0.1) is 85.0 Å². The van der Waals surface area contributed by atoms with Crippen LogP contribution in [0.3, 0.4) is 0 Å². The van der Waals surface area contributed by atoms with Gasteiger partial charge in [-0.15, -0.1) is 0 Å². The van der Waals surface area contributed by atoms with E-state index >= 15 is 0 Å². The van der Waals surface area contributed by atoms with Crippen LogP contribution in [0.15, 0.2) is 0 Å². The van der Waals surface area contributed by atoms with Crippen LogP contribution < -0.4 is 22.9 Å². The molecule has 0 radical (unpaired) electrons. The van der Waals surface area contributed by atoms with Crippen LogP contribution in [0.1, 0.15) is 55.4 Å². The molecule has 0 fully saturated rings. The lowest BCUT2D eigenvalue weighted by Gasteiger charge is -2.04. The smallest absolute Gasteiger partial charge is 0.362 e. The number of aliphatic carboxylic acids is 4. The molecule has 288 valence electrons. The summed E-state index contributed by atoms with van der Waals surface area (Å²) in [5.41, 5.74) is 13.8. The highest BCUT2D eigenvalue weighted by Crippen LogP contribution is 1.96. The number of quaternary nitrogens is 4. The summed E-state index contributed by atoms with van der Waals surface area (Å²) in [7, 11) is 0. The van der Waals surface area contributed by atoms with Crippen molar-refractivity contribution < 1.29 is 82.9 Å². The second kappa shape index (κ2) is 37.7. The summed E-state index contributed by atoms with van der Waals surface area (Å²) >= 11 is 0. The van der Waals surface area contributed by atoms with Crippen LogP contribution in [-0.2, 0) is 19.2 Å². The summed E-state index contributed by atoms with van der Waals surface area (Å²) in [6.07, 6.45) is 0. The van der Waals surface area contributed by atoms with Crippen LogP contribution in [0.25, 0.3) is 0 Å². The van der Waals surface area contributed by atoms with Gasteiger partial charge in [0.1, 0.15) is 0 Å². The van der Waals surface area contributed by atoms with E-state index in [1.54, 1.807) is 0 Å². The van der Waals surface area contributed by atoms with Crippen molar-refractivity contribution in [3.05, 3.63) is 61.3 Å². The second-order valence-corrected chi connectivity index (χ2v) is 9.65. The molecular weight excluding hydrogens is 672 g/mol. The maximum Gasteiger partial charge on any atom is 0.362 e. The minimum absolute atomic E-state index is 0.132. The van der Waals surface area contributed by atoms with Crippen molar-refractivity contribution in [2.75, 3.05) is 0 Å². The summed E-state index contributed by atoms with van der Waals surface area (Å²) in [6, 6.07) is -1.85. The van der Waals surface area contributed by atoms with Gasteiger partial charge in [0.15, 0.2) is 24.2 Å². The molecule has 0 aliphatic carbocycles. The first kappa shape index (κ1) is 61.5. The fourth-order valence-electron chi connectivity index (χ4n) is 1.14. The van der Waals surface area contributed by atoms with Crippen molar-refractivity contribution in [2.24, 2.45) is 23.7 Å². The second-order valence-electron chi connectivity index (χ2n) is 9.65. The summed E-state index contributed by atoms with van der Waals surface area (Å²) in [5, 5.41) is 92.2. The standard InChI is InChI=1S/4C5H11NO2.4NO3/c4*1-3(2)4(6)5(7)8;4*2-1(3)4/h4*3-4H,6H2,1-2H3,(H,7,8);;;;/q;;;;4*-1/p+4/t4*4-;;;;/m1111..../s1. The Morgan fingerprint density at radius 2 is 0.438 bits per heavy atom. The Kier molecular flexibility index (Phi) is 48.3. The van der Waals surface area contributed by atoms with E-state index in [0.717, 1.165) is 0 Å². The van der Waals surface area contributed by atoms with E-state index in [4.69, 9.17) is 81.7 Å². The van der Waals surface area contributed by atoms with Gasteiger partial charge in [-0.1, -0.05) is 55.4 Å². The summed E-state index contributed by atoms with van der Waals surface area (Å²) < 4.78 is 0. The Morgan fingerprint density at radius 1 is 0.375 bits per heavy atom. The molecule has 28 nitrogen and oxygen atoms in total. The van der Waals surface area contributed by atoms with Gasteiger partial charge in [0.05, 0.1) is 20.3 Å². The minimum Gasteiger partial charge on any atom is -0.477 e. The average Bonchev–Trinajstić information content (AvgIpc) is 2.86. The molecule has 48 heavy (non-hydrogen) atoms. The quantitative estimate of drug-likeness (QED) is 0.0886. The van der Waals surface area contributed by atoms with Gasteiger partial charge in [0.25, 0.3) is 0 Å². The van der Waals surface area contributed by atoms with Gasteiger partial charge in [-0.3, -0.25) is 0 Å². The molecule has 0 saturated heterocycles. The predicted octanol–water partition coefficient (Wildman–Crippen LogP) is -3.61. The first-order valence-electron chi connectivity index (χ1n) is 12.6. The van der Waals surface area contributed by atoms with Gasteiger partial charge in [-0.05, 0) is 0 Å². The van der Waals surface area contributed by atoms with Crippen LogP contribution >= 0.6 is 0 Å². The van der Waals surface area contributed by atoms with Crippen molar-refractivity contribution in [1.29, 1.82) is 0 Å². The Morgan fingerprint density at radius 3 is 0.438 bits per heavy atom. The van der Waals surface area contributed by atoms with Gasteiger partial charge >= 0.3 is 23.9 Å². The molecule has 0 aromatic heterocycles. The van der Waals surface area contributed by atoms with E-state index in [1.165, 1.54) is 0 Å². The number of nitrogens with zero attached hydrogens (tertiary/aromatic N) is 4. The third-order valence-corrected chi connectivity index (χ3v) is 4.49. The molecule has 28 heteroatoms. The molecule has 0 aromatic carbocycles. The van der Waals surface area contributed by atoms with E-state index in [0.29, 0.717) is 0 Å². The van der Waals surface area contributed by atoms with E-state index < -0.39 is 68.4 Å². The summed E-state index contributed by atoms with van der Waals surface area (Å²) in [5.74, 6) is -2.75. The molecule has 16 N–H and O–H groups in total. The van der Waals surface area contributed by atoms with Crippen molar-refractivity contribution >= 4 is 23.9 Å². The Hall–Kier alpha value is -5.48. The predicted molar refractivity (Wildman–Crippen MR) is 158 cm³/mol. The van der Waals surface area contributed by atoms with Gasteiger partial charge in [0, 0.05) is 23.7 Å². The molecule has 0 rings (SSSR count). The number of rotatable bonds is 8. The van der Waals surface area contributed by atoms with E-state index in [1.807, 2.05) is 55.4 Å². The van der Waals surface area contributed by atoms with Crippen molar-refractivity contribution in [2.45, 2.75) is 79.6 Å². The highest BCUT2D eigenvalue weighted by atomic mass is 16.9. The van der Waals surface area contributed by atoms with Crippen molar-refractivity contribution in [3.63, 3.8) is 0 Å². The molecule has 0 unspecified atom stereocenters. The zero-order valence-electron chi connectivity index (χ0n) is 27.6. The third kappa shape index (κ3) is 90.0. The number of carboxylic acids is 4. The lowest BCUT2D eigenvalue weighted by molar-refractivity contribution is -0.418. The molecule has 0 saturated carbocycles. The third-order valence-electron chi connectivity index (χ3n) is 4.49. The van der Waals surface area contributed by atoms with Crippen LogP contribution in [0.2, 0.25) is 0 Å². The van der Waals surface area contributed by atoms with Gasteiger partial charge < -0.3 is 105 Å². The van der Waals surface area contributed by atoms with E-state index in [2.05, 4.69) is 22.9 Å². The molecule has 0 aromatic rings. The molecule has 0 amide bonds. The first-order chi connectivity index (χ1) is 21.1. The Bertz CT molecular complexity index is 760. The average molecular weight is 721 g/mol. The van der Waals surface area contributed by atoms with Crippen LogP contribution in [0.5, 0.6) is 0 Å². The summed E-state index contributed by atoms with van der Waals surface area (Å²) in [4.78, 5) is 73.3. The van der Waals surface area contributed by atoms with Crippen molar-refractivity contribution in [1.82, 2.24) is 0 Å². The highest BCUT2D eigenvalue weighted by molar-refractivity contribution is 5.72. The molecular formula is C20H48N8O20. The Labute approximate surface area is 272 Å². The molecule has 4 atom stereocenters. The number of carbonyl (C=O) groups is 4. The topological polar surface area (TPSA) is 525 Å². The number of hydrogen-bond donors (Lipinski definition) is 8. The van der Waals surface area contributed by atoms with Gasteiger partial charge in [-0.2, -0.15) is 0 Å². The monoisotopic (exact) mass is 720 g/mol. The molecule has 0 aliphatic rings. The maximum atomic E-state index is 10.1. The molecule has 0 spiro atoms. The largest absolute Gasteiger partial charge is 0.477 e. The Balaban J connectivity index is -0.0000000648. The number of carboxylic acid groups (broad SMARTS) is 4. The molecule has 0 heterocycles. The lowest BCUT2D eigenvalue weighted by Crippen LogP contribution is -2.67. The number of hydrogen-bond acceptors (Lipinski definition) is 16. The minimum atomic E-state index is -1.75. The zero-order chi connectivity index (χ0) is 41.2. The van der Waals surface area contributed by atoms with Crippen molar-refractivity contribution in [3.8, 4) is 0 Å². The van der Waals surface area contributed by atoms with Gasteiger partial charge in [0.2, 0.25) is 0 Å². The van der Waals surface area contributed by atoms with E-state index in [9.17, 15) is 19.2 Å². The van der Waals surface area contributed by atoms with Crippen LogP contribution in [0.4, 0.5) is 0 Å². The normalized spacial score (nSPS) is 11.3. The van der Waals surface area contributed by atoms with E-state index in [-0.39, 0.29) is 23.7 Å². The highest BCUT2D eigenvalue weighted by Gasteiger charge is 2.20. The van der Waals surface area contributed by atoms with Crippen LogP contribution in [-0.4, -0.2) is 88.8 Å². The lowest BCUT2D eigenvalue weighted by atomic mass is 10.1. The fourth-order valence-corrected chi connectivity index (χ4v) is 1.14. The SMILES string of the molecule is CC(C)[C@@H]([NH3+])C(=O)O.CC(C)[C@@H]([NH3+])C(=O)O.CC(C)[C@@H]([NH3+])C(=O)O.CC(C)[C@@H]([NH3+])C(=O)O.O=[N+]([O-])[O-].O=[N+]([O-])[O-].O=[N+]([O-])[O-].O=[N+]([O-])[O-].